The maximum atomic E-state index is 12.2. The van der Waals surface area contributed by atoms with Crippen LogP contribution in [0.5, 0.6) is 0 Å². The summed E-state index contributed by atoms with van der Waals surface area (Å²) in [6.07, 6.45) is 3.26. The molecule has 0 bridgehead atoms. The summed E-state index contributed by atoms with van der Waals surface area (Å²) in [6, 6.07) is 1.79. The monoisotopic (exact) mass is 297 g/mol. The molecule has 1 aliphatic carbocycles. The van der Waals surface area contributed by atoms with E-state index in [9.17, 15) is 4.79 Å². The highest BCUT2D eigenvalue weighted by molar-refractivity contribution is 9.09. The number of alkyl halides is 1. The number of aryl methyl sites for hydroxylation is 2. The summed E-state index contributed by atoms with van der Waals surface area (Å²) >= 11 is 3.47. The second-order valence-electron chi connectivity index (χ2n) is 4.71. The molecule has 4 nitrogen and oxygen atoms in total. The van der Waals surface area contributed by atoms with Gasteiger partial charge in [0.2, 0.25) is 0 Å². The molecular weight excluding hydrogens is 282 g/mol. The summed E-state index contributed by atoms with van der Waals surface area (Å²) in [7, 11) is 0. The zero-order valence-electron chi connectivity index (χ0n) is 10.1. The van der Waals surface area contributed by atoms with E-state index in [2.05, 4.69) is 31.4 Å². The van der Waals surface area contributed by atoms with Crippen molar-refractivity contribution in [3.05, 3.63) is 23.0 Å². The van der Waals surface area contributed by atoms with Crippen molar-refractivity contribution in [2.75, 3.05) is 5.33 Å². The first-order chi connectivity index (χ1) is 8.06. The Kier molecular flexibility index (Phi) is 3.47. The highest BCUT2D eigenvalue weighted by atomic mass is 79.9. The quantitative estimate of drug-likeness (QED) is 0.870. The largest absolute Gasteiger partial charge is 0.346 e. The maximum Gasteiger partial charge on any atom is 0.253 e. The Balaban J connectivity index is 2.17. The van der Waals surface area contributed by atoms with Crippen molar-refractivity contribution < 1.29 is 4.79 Å². The molecular formula is C12H16BrN3O. The minimum absolute atomic E-state index is 0.0420. The van der Waals surface area contributed by atoms with Gasteiger partial charge in [0.25, 0.3) is 5.91 Å². The standard InChI is InChI=1S/C12H16BrN3O/c1-8-6-10(9(2)16-15-8)11(17)14-12(7-13)4-3-5-12/h6H,3-5,7H2,1-2H3,(H,14,17). The van der Waals surface area contributed by atoms with Gasteiger partial charge in [0.15, 0.2) is 0 Å². The van der Waals surface area contributed by atoms with E-state index < -0.39 is 0 Å². The Bertz CT molecular complexity index is 438. The topological polar surface area (TPSA) is 54.9 Å². The predicted molar refractivity (Wildman–Crippen MR) is 69.3 cm³/mol. The average Bonchev–Trinajstić information content (AvgIpc) is 2.26. The van der Waals surface area contributed by atoms with Crippen LogP contribution in [0.2, 0.25) is 0 Å². The molecule has 0 atom stereocenters. The molecule has 1 saturated carbocycles. The molecule has 0 spiro atoms. The Morgan fingerprint density at radius 3 is 2.71 bits per heavy atom. The summed E-state index contributed by atoms with van der Waals surface area (Å²) in [6.45, 7) is 3.65. The van der Waals surface area contributed by atoms with Crippen LogP contribution in [0.15, 0.2) is 6.07 Å². The lowest BCUT2D eigenvalue weighted by molar-refractivity contribution is 0.0855. The van der Waals surface area contributed by atoms with Crippen molar-refractivity contribution in [3.8, 4) is 0 Å². The molecule has 0 aromatic carbocycles. The Morgan fingerprint density at radius 2 is 2.18 bits per heavy atom. The van der Waals surface area contributed by atoms with Crippen LogP contribution < -0.4 is 5.32 Å². The number of halogens is 1. The molecule has 1 N–H and O–H groups in total. The zero-order valence-corrected chi connectivity index (χ0v) is 11.7. The van der Waals surface area contributed by atoms with Gasteiger partial charge in [-0.25, -0.2) is 0 Å². The highest BCUT2D eigenvalue weighted by Crippen LogP contribution is 2.33. The SMILES string of the molecule is Cc1cc(C(=O)NC2(CBr)CCC2)c(C)nn1. The van der Waals surface area contributed by atoms with E-state index in [1.54, 1.807) is 6.07 Å². The van der Waals surface area contributed by atoms with Gasteiger partial charge >= 0.3 is 0 Å². The minimum atomic E-state index is -0.0549. The van der Waals surface area contributed by atoms with E-state index in [1.165, 1.54) is 6.42 Å². The van der Waals surface area contributed by atoms with Gasteiger partial charge in [-0.15, -0.1) is 0 Å². The van der Waals surface area contributed by atoms with E-state index in [4.69, 9.17) is 0 Å². The van der Waals surface area contributed by atoms with Gasteiger partial charge in [-0.05, 0) is 39.2 Å². The Hall–Kier alpha value is -0.970. The van der Waals surface area contributed by atoms with Gasteiger partial charge in [-0.1, -0.05) is 15.9 Å². The summed E-state index contributed by atoms with van der Waals surface area (Å²) in [4.78, 5) is 12.2. The third-order valence-corrected chi connectivity index (χ3v) is 4.36. The minimum Gasteiger partial charge on any atom is -0.346 e. The van der Waals surface area contributed by atoms with Crippen molar-refractivity contribution >= 4 is 21.8 Å². The van der Waals surface area contributed by atoms with Crippen molar-refractivity contribution in [3.63, 3.8) is 0 Å². The first-order valence-electron chi connectivity index (χ1n) is 5.76. The maximum absolute atomic E-state index is 12.2. The fourth-order valence-corrected chi connectivity index (χ4v) is 2.68. The molecule has 0 radical (unpaired) electrons. The first kappa shape index (κ1) is 12.5. The van der Waals surface area contributed by atoms with Gasteiger partial charge in [-0.2, -0.15) is 10.2 Å². The third kappa shape index (κ3) is 2.49. The van der Waals surface area contributed by atoms with Crippen LogP contribution in [0.1, 0.15) is 41.0 Å². The van der Waals surface area contributed by atoms with Crippen molar-refractivity contribution in [1.29, 1.82) is 0 Å². The lowest BCUT2D eigenvalue weighted by Crippen LogP contribution is -2.55. The molecule has 1 aromatic rings. The molecule has 1 aliphatic rings. The molecule has 0 unspecified atom stereocenters. The van der Waals surface area contributed by atoms with E-state index >= 15 is 0 Å². The van der Waals surface area contributed by atoms with Crippen molar-refractivity contribution in [2.24, 2.45) is 0 Å². The molecule has 17 heavy (non-hydrogen) atoms. The number of carbonyl (C=O) groups is 1. The van der Waals surface area contributed by atoms with Gasteiger partial charge in [0, 0.05) is 5.33 Å². The lowest BCUT2D eigenvalue weighted by Gasteiger charge is -2.41. The van der Waals surface area contributed by atoms with Crippen LogP contribution in [0.25, 0.3) is 0 Å². The van der Waals surface area contributed by atoms with Crippen LogP contribution in [-0.4, -0.2) is 27.0 Å². The number of nitrogens with zero attached hydrogens (tertiary/aromatic N) is 2. The molecule has 92 valence electrons. The van der Waals surface area contributed by atoms with E-state index in [0.717, 1.165) is 23.9 Å². The molecule has 0 aliphatic heterocycles. The fraction of sp³-hybridized carbons (Fsp3) is 0.583. The normalized spacial score (nSPS) is 17.4. The van der Waals surface area contributed by atoms with E-state index in [-0.39, 0.29) is 11.4 Å². The Labute approximate surface area is 109 Å². The van der Waals surface area contributed by atoms with Crippen LogP contribution >= 0.6 is 15.9 Å². The molecule has 1 fully saturated rings. The van der Waals surface area contributed by atoms with Gasteiger partial charge in [0.1, 0.15) is 0 Å². The summed E-state index contributed by atoms with van der Waals surface area (Å²) < 4.78 is 0. The summed E-state index contributed by atoms with van der Waals surface area (Å²) in [5.41, 5.74) is 2.02. The molecule has 1 amide bonds. The number of rotatable bonds is 3. The summed E-state index contributed by atoms with van der Waals surface area (Å²) in [5, 5.41) is 11.8. The third-order valence-electron chi connectivity index (χ3n) is 3.29. The number of aromatic nitrogens is 2. The first-order valence-corrected chi connectivity index (χ1v) is 6.88. The van der Waals surface area contributed by atoms with Crippen molar-refractivity contribution in [2.45, 2.75) is 38.6 Å². The van der Waals surface area contributed by atoms with Crippen LogP contribution in [0.3, 0.4) is 0 Å². The molecule has 1 aromatic heterocycles. The van der Waals surface area contributed by atoms with Crippen LogP contribution in [0, 0.1) is 13.8 Å². The number of hydrogen-bond donors (Lipinski definition) is 1. The zero-order chi connectivity index (χ0) is 12.5. The molecule has 0 saturated heterocycles. The fourth-order valence-electron chi connectivity index (χ4n) is 1.98. The number of hydrogen-bond acceptors (Lipinski definition) is 3. The molecule has 2 rings (SSSR count). The molecule has 1 heterocycles. The van der Waals surface area contributed by atoms with Crippen LogP contribution in [-0.2, 0) is 0 Å². The van der Waals surface area contributed by atoms with Crippen LogP contribution in [0.4, 0.5) is 0 Å². The van der Waals surface area contributed by atoms with Gasteiger partial charge in [0.05, 0.1) is 22.5 Å². The number of carbonyl (C=O) groups excluding carboxylic acids is 1. The van der Waals surface area contributed by atoms with E-state index in [0.29, 0.717) is 11.3 Å². The summed E-state index contributed by atoms with van der Waals surface area (Å²) in [5.74, 6) is -0.0420. The number of amides is 1. The van der Waals surface area contributed by atoms with Gasteiger partial charge in [-0.3, -0.25) is 4.79 Å². The highest BCUT2D eigenvalue weighted by Gasteiger charge is 2.37. The van der Waals surface area contributed by atoms with E-state index in [1.807, 2.05) is 13.8 Å². The van der Waals surface area contributed by atoms with Crippen molar-refractivity contribution in [1.82, 2.24) is 15.5 Å². The smallest absolute Gasteiger partial charge is 0.253 e. The lowest BCUT2D eigenvalue weighted by atomic mass is 9.78. The second kappa shape index (κ2) is 4.72. The number of nitrogens with one attached hydrogen (secondary N) is 1. The predicted octanol–water partition coefficient (Wildman–Crippen LogP) is 2.14. The average molecular weight is 298 g/mol. The molecule has 5 heteroatoms. The second-order valence-corrected chi connectivity index (χ2v) is 5.27. The Morgan fingerprint density at radius 1 is 1.47 bits per heavy atom. The van der Waals surface area contributed by atoms with Gasteiger partial charge < -0.3 is 5.32 Å².